The summed E-state index contributed by atoms with van der Waals surface area (Å²) in [4.78, 5) is 19.5. The van der Waals surface area contributed by atoms with Gasteiger partial charge in [-0.3, -0.25) is 14.8 Å². The molecule has 0 atom stereocenters. The Morgan fingerprint density at radius 2 is 2.32 bits per heavy atom. The molecule has 2 aromatic rings. The molecule has 3 heterocycles. The van der Waals surface area contributed by atoms with Crippen LogP contribution in [-0.2, 0) is 16.1 Å². The summed E-state index contributed by atoms with van der Waals surface area (Å²) in [5.41, 5.74) is 0.531. The van der Waals surface area contributed by atoms with Gasteiger partial charge in [0.15, 0.2) is 5.13 Å². The van der Waals surface area contributed by atoms with Crippen LogP contribution in [0.4, 0.5) is 5.13 Å². The number of aromatic nitrogens is 3. The zero-order chi connectivity index (χ0) is 17.5. The first kappa shape index (κ1) is 17.8. The lowest BCUT2D eigenvalue weighted by Gasteiger charge is -2.41. The molecule has 0 radical (unpaired) electrons. The topological polar surface area (TPSA) is 95.2 Å². The average molecular weight is 364 g/mol. The highest BCUT2D eigenvalue weighted by atomic mass is 32.1. The van der Waals surface area contributed by atoms with E-state index < -0.39 is 5.54 Å². The van der Waals surface area contributed by atoms with E-state index in [4.69, 9.17) is 4.74 Å². The minimum Gasteiger partial charge on any atom is -0.383 e. The van der Waals surface area contributed by atoms with Crippen molar-refractivity contribution in [1.82, 2.24) is 25.4 Å². The third-order valence-corrected chi connectivity index (χ3v) is 5.16. The molecule has 0 aliphatic carbocycles. The van der Waals surface area contributed by atoms with Crippen LogP contribution in [-0.4, -0.2) is 64.9 Å². The molecule has 1 aliphatic rings. The maximum absolute atomic E-state index is 12.9. The number of rotatable bonds is 8. The zero-order valence-electron chi connectivity index (χ0n) is 14.3. The Balaban J connectivity index is 1.64. The summed E-state index contributed by atoms with van der Waals surface area (Å²) in [5.74, 6) is 0.0164. The number of thiazole rings is 1. The summed E-state index contributed by atoms with van der Waals surface area (Å²) < 4.78 is 5.03. The molecule has 0 bridgehead atoms. The minimum atomic E-state index is -0.626. The van der Waals surface area contributed by atoms with Gasteiger partial charge in [-0.05, 0) is 12.8 Å². The number of hydrogen-bond acceptors (Lipinski definition) is 7. The van der Waals surface area contributed by atoms with Crippen LogP contribution in [0.5, 0.6) is 0 Å². The molecule has 9 heteroatoms. The summed E-state index contributed by atoms with van der Waals surface area (Å²) >= 11 is 1.51. The number of likely N-dealkylation sites (tertiary alicyclic amines) is 1. The molecule has 8 nitrogen and oxygen atoms in total. The first-order valence-electron chi connectivity index (χ1n) is 8.37. The Kier molecular flexibility index (Phi) is 6.00. The molecular formula is C16H24N6O2S. The number of nitrogens with zero attached hydrogens (tertiary/aromatic N) is 3. The Bertz CT molecular complexity index is 638. The number of H-pyrrole nitrogens is 1. The normalized spacial score (nSPS) is 17.3. The fourth-order valence-electron chi connectivity index (χ4n) is 3.05. The van der Waals surface area contributed by atoms with E-state index in [0.29, 0.717) is 13.2 Å². The Morgan fingerprint density at radius 1 is 1.48 bits per heavy atom. The molecule has 0 aromatic carbocycles. The minimum absolute atomic E-state index is 0.0164. The van der Waals surface area contributed by atoms with Crippen molar-refractivity contribution < 1.29 is 9.53 Å². The van der Waals surface area contributed by atoms with Crippen molar-refractivity contribution in [1.29, 1.82) is 0 Å². The van der Waals surface area contributed by atoms with E-state index in [1.807, 2.05) is 17.8 Å². The standard InChI is InChI=1S/C16H24N6O2S/c1-24-8-4-17-14(23)16(21-15-18-5-9-25-15)2-6-22(7-3-16)12-13-10-19-20-11-13/h5,9-11H,2-4,6-8,12H2,1H3,(H,17,23)(H,18,21)(H,19,20). The zero-order valence-corrected chi connectivity index (χ0v) is 15.1. The number of nitrogens with one attached hydrogen (secondary N) is 3. The van der Waals surface area contributed by atoms with Gasteiger partial charge in [-0.1, -0.05) is 0 Å². The van der Waals surface area contributed by atoms with Gasteiger partial charge in [-0.25, -0.2) is 4.98 Å². The lowest BCUT2D eigenvalue weighted by molar-refractivity contribution is -0.127. The lowest BCUT2D eigenvalue weighted by Crippen LogP contribution is -2.58. The molecule has 1 aliphatic heterocycles. The van der Waals surface area contributed by atoms with Crippen LogP contribution < -0.4 is 10.6 Å². The van der Waals surface area contributed by atoms with Crippen LogP contribution in [0.3, 0.4) is 0 Å². The van der Waals surface area contributed by atoms with E-state index in [-0.39, 0.29) is 5.91 Å². The molecule has 0 spiro atoms. The quantitative estimate of drug-likeness (QED) is 0.607. The SMILES string of the molecule is COCCNC(=O)C1(Nc2nccs2)CCN(Cc2cn[nH]c2)CC1. The molecule has 1 amide bonds. The molecular weight excluding hydrogens is 340 g/mol. The van der Waals surface area contributed by atoms with Crippen LogP contribution in [0.25, 0.3) is 0 Å². The number of ether oxygens (including phenoxy) is 1. The van der Waals surface area contributed by atoms with Crippen molar-refractivity contribution >= 4 is 22.4 Å². The summed E-state index contributed by atoms with van der Waals surface area (Å²) in [6.07, 6.45) is 6.95. The number of anilines is 1. The predicted molar refractivity (Wildman–Crippen MR) is 96.5 cm³/mol. The fourth-order valence-corrected chi connectivity index (χ4v) is 3.68. The van der Waals surface area contributed by atoms with Gasteiger partial charge in [0, 0.05) is 56.6 Å². The third kappa shape index (κ3) is 4.56. The maximum Gasteiger partial charge on any atom is 0.245 e. The van der Waals surface area contributed by atoms with Crippen molar-refractivity contribution in [2.24, 2.45) is 0 Å². The van der Waals surface area contributed by atoms with Crippen molar-refractivity contribution in [3.05, 3.63) is 29.5 Å². The number of hydrogen-bond donors (Lipinski definition) is 3. The van der Waals surface area contributed by atoms with Crippen LogP contribution in [0.2, 0.25) is 0 Å². The van der Waals surface area contributed by atoms with Crippen LogP contribution in [0.15, 0.2) is 24.0 Å². The average Bonchev–Trinajstić information content (AvgIpc) is 3.31. The van der Waals surface area contributed by atoms with Crippen LogP contribution in [0, 0.1) is 0 Å². The van der Waals surface area contributed by atoms with E-state index in [9.17, 15) is 4.79 Å². The molecule has 0 unspecified atom stereocenters. The second-order valence-corrected chi connectivity index (χ2v) is 7.07. The smallest absolute Gasteiger partial charge is 0.245 e. The highest BCUT2D eigenvalue weighted by Gasteiger charge is 2.41. The first-order valence-corrected chi connectivity index (χ1v) is 9.25. The molecule has 3 rings (SSSR count). The highest BCUT2D eigenvalue weighted by molar-refractivity contribution is 7.13. The van der Waals surface area contributed by atoms with Gasteiger partial charge < -0.3 is 15.4 Å². The number of carbonyl (C=O) groups excluding carboxylic acids is 1. The largest absolute Gasteiger partial charge is 0.383 e. The summed E-state index contributed by atoms with van der Waals surface area (Å²) in [6, 6.07) is 0. The fraction of sp³-hybridized carbons (Fsp3) is 0.562. The van der Waals surface area contributed by atoms with E-state index in [1.54, 1.807) is 13.3 Å². The maximum atomic E-state index is 12.9. The van der Waals surface area contributed by atoms with Crippen molar-refractivity contribution in [2.45, 2.75) is 24.9 Å². The van der Waals surface area contributed by atoms with E-state index in [2.05, 4.69) is 30.7 Å². The predicted octanol–water partition coefficient (Wildman–Crippen LogP) is 1.08. The summed E-state index contributed by atoms with van der Waals surface area (Å²) in [6.45, 7) is 3.53. The van der Waals surface area contributed by atoms with Crippen molar-refractivity contribution in [3.8, 4) is 0 Å². The summed E-state index contributed by atoms with van der Waals surface area (Å²) in [7, 11) is 1.63. The van der Waals surface area contributed by atoms with Gasteiger partial charge in [0.05, 0.1) is 12.8 Å². The second-order valence-electron chi connectivity index (χ2n) is 6.18. The monoisotopic (exact) mass is 364 g/mol. The first-order chi connectivity index (χ1) is 12.2. The molecule has 25 heavy (non-hydrogen) atoms. The van der Waals surface area contributed by atoms with Gasteiger partial charge in [-0.2, -0.15) is 5.10 Å². The van der Waals surface area contributed by atoms with Gasteiger partial charge in [0.1, 0.15) is 5.54 Å². The molecule has 136 valence electrons. The third-order valence-electron chi connectivity index (χ3n) is 4.48. The van der Waals surface area contributed by atoms with Gasteiger partial charge in [-0.15, -0.1) is 11.3 Å². The lowest BCUT2D eigenvalue weighted by atomic mass is 9.86. The molecule has 0 saturated carbocycles. The highest BCUT2D eigenvalue weighted by Crippen LogP contribution is 2.29. The molecule has 3 N–H and O–H groups in total. The Morgan fingerprint density at radius 3 is 2.96 bits per heavy atom. The van der Waals surface area contributed by atoms with Crippen LogP contribution >= 0.6 is 11.3 Å². The van der Waals surface area contributed by atoms with Gasteiger partial charge in [0.2, 0.25) is 5.91 Å². The van der Waals surface area contributed by atoms with E-state index in [1.165, 1.54) is 11.3 Å². The van der Waals surface area contributed by atoms with Crippen molar-refractivity contribution in [2.75, 3.05) is 38.7 Å². The molecule has 1 saturated heterocycles. The summed E-state index contributed by atoms with van der Waals surface area (Å²) in [5, 5.41) is 15.9. The number of amides is 1. The Labute approximate surface area is 151 Å². The molecule has 2 aromatic heterocycles. The Hall–Kier alpha value is -1.97. The van der Waals surface area contributed by atoms with E-state index in [0.717, 1.165) is 43.2 Å². The number of carbonyl (C=O) groups is 1. The van der Waals surface area contributed by atoms with Gasteiger partial charge >= 0.3 is 0 Å². The number of aromatic amines is 1. The van der Waals surface area contributed by atoms with Crippen LogP contribution in [0.1, 0.15) is 18.4 Å². The van der Waals surface area contributed by atoms with E-state index >= 15 is 0 Å². The molecule has 1 fully saturated rings. The number of piperidine rings is 1. The second kappa shape index (κ2) is 8.41. The van der Waals surface area contributed by atoms with Crippen molar-refractivity contribution in [3.63, 3.8) is 0 Å². The number of methoxy groups -OCH3 is 1. The van der Waals surface area contributed by atoms with Gasteiger partial charge in [0.25, 0.3) is 0 Å².